The van der Waals surface area contributed by atoms with E-state index in [2.05, 4.69) is 20.3 Å². The zero-order valence-corrected chi connectivity index (χ0v) is 13.7. The molecule has 0 amide bonds. The van der Waals surface area contributed by atoms with Crippen LogP contribution in [-0.2, 0) is 0 Å². The average Bonchev–Trinajstić information content (AvgIpc) is 2.97. The van der Waals surface area contributed by atoms with Crippen LogP contribution in [-0.4, -0.2) is 31.2 Å². The molecule has 0 spiro atoms. The van der Waals surface area contributed by atoms with Crippen molar-refractivity contribution in [2.24, 2.45) is 0 Å². The lowest BCUT2D eigenvalue weighted by atomic mass is 10.1. The van der Waals surface area contributed by atoms with E-state index >= 15 is 0 Å². The molecule has 7 heteroatoms. The number of halogens is 1. The average molecular weight is 332 g/mol. The minimum atomic E-state index is -0.297. The highest BCUT2D eigenvalue weighted by Gasteiger charge is 2.17. The summed E-state index contributed by atoms with van der Waals surface area (Å²) < 4.78 is 1.94. The van der Waals surface area contributed by atoms with Gasteiger partial charge in [0.15, 0.2) is 17.0 Å². The number of imidazole rings is 1. The van der Waals surface area contributed by atoms with E-state index in [0.29, 0.717) is 17.0 Å². The van der Waals surface area contributed by atoms with Gasteiger partial charge in [0, 0.05) is 6.04 Å². The van der Waals surface area contributed by atoms with E-state index in [1.54, 1.807) is 6.33 Å². The van der Waals surface area contributed by atoms with E-state index in [1.165, 1.54) is 0 Å². The molecule has 120 valence electrons. The number of aromatic nitrogens is 4. The molecule has 0 saturated heterocycles. The van der Waals surface area contributed by atoms with Crippen LogP contribution in [0.4, 0.5) is 5.82 Å². The Balaban J connectivity index is 2.02. The zero-order chi connectivity index (χ0) is 16.4. The van der Waals surface area contributed by atoms with Gasteiger partial charge in [-0.25, -0.2) is 4.98 Å². The van der Waals surface area contributed by atoms with Gasteiger partial charge < -0.3 is 15.0 Å². The number of hydrogen-bond acceptors (Lipinski definition) is 5. The summed E-state index contributed by atoms with van der Waals surface area (Å²) in [5, 5.41) is 13.1. The highest BCUT2D eigenvalue weighted by Crippen LogP contribution is 2.26. The first kappa shape index (κ1) is 15.7. The molecule has 0 aliphatic rings. The smallest absolute Gasteiger partial charge is 0.226 e. The van der Waals surface area contributed by atoms with Crippen molar-refractivity contribution in [3.63, 3.8) is 0 Å². The second-order valence-electron chi connectivity index (χ2n) is 5.55. The fourth-order valence-electron chi connectivity index (χ4n) is 2.45. The molecule has 0 fully saturated rings. The third kappa shape index (κ3) is 3.13. The summed E-state index contributed by atoms with van der Waals surface area (Å²) in [6.07, 6.45) is 1.72. The second kappa shape index (κ2) is 6.52. The quantitative estimate of drug-likeness (QED) is 0.702. The fourth-order valence-corrected chi connectivity index (χ4v) is 2.62. The third-order valence-corrected chi connectivity index (χ3v) is 3.81. The van der Waals surface area contributed by atoms with E-state index in [0.717, 1.165) is 5.56 Å². The van der Waals surface area contributed by atoms with E-state index < -0.39 is 0 Å². The summed E-state index contributed by atoms with van der Waals surface area (Å²) in [6, 6.07) is 9.59. The Labute approximate surface area is 139 Å². The number of nitrogens with one attached hydrogen (secondary N) is 1. The summed E-state index contributed by atoms with van der Waals surface area (Å²) in [6.45, 7) is 4.02. The van der Waals surface area contributed by atoms with Crippen LogP contribution in [0.2, 0.25) is 5.28 Å². The lowest BCUT2D eigenvalue weighted by molar-refractivity contribution is 0.276. The maximum absolute atomic E-state index is 9.71. The van der Waals surface area contributed by atoms with Crippen LogP contribution in [0.1, 0.15) is 31.5 Å². The Bertz CT molecular complexity index is 803. The summed E-state index contributed by atoms with van der Waals surface area (Å²) in [5.41, 5.74) is 2.27. The van der Waals surface area contributed by atoms with Gasteiger partial charge in [-0.05, 0) is 31.0 Å². The lowest BCUT2D eigenvalue weighted by Crippen LogP contribution is -2.16. The van der Waals surface area contributed by atoms with Crippen LogP contribution in [0, 0.1) is 0 Å². The molecule has 1 aromatic carbocycles. The van der Waals surface area contributed by atoms with Gasteiger partial charge in [-0.3, -0.25) is 0 Å². The number of benzene rings is 1. The van der Waals surface area contributed by atoms with Crippen LogP contribution in [0.3, 0.4) is 0 Å². The molecule has 3 aromatic rings. The van der Waals surface area contributed by atoms with Gasteiger partial charge in [0.2, 0.25) is 5.28 Å². The molecule has 0 radical (unpaired) electrons. The molecule has 1 atom stereocenters. The molecule has 23 heavy (non-hydrogen) atoms. The van der Waals surface area contributed by atoms with E-state index in [-0.39, 0.29) is 24.0 Å². The van der Waals surface area contributed by atoms with Gasteiger partial charge in [0.05, 0.1) is 19.0 Å². The van der Waals surface area contributed by atoms with Gasteiger partial charge in [0.25, 0.3) is 0 Å². The number of aliphatic hydroxyl groups excluding tert-OH is 1. The SMILES string of the molecule is CC(C)n1cnc2c(NC(CO)c3ccccc3)nc(Cl)nc21. The molecule has 1 unspecified atom stereocenters. The van der Waals surface area contributed by atoms with Gasteiger partial charge in [-0.2, -0.15) is 9.97 Å². The standard InChI is InChI=1S/C16H18ClN5O/c1-10(2)22-9-18-13-14(20-16(17)21-15(13)22)19-12(8-23)11-6-4-3-5-7-11/h3-7,9-10,12,23H,8H2,1-2H3,(H,19,20,21). The Morgan fingerprint density at radius 2 is 1.96 bits per heavy atom. The van der Waals surface area contributed by atoms with Crippen molar-refractivity contribution in [3.05, 3.63) is 47.5 Å². The largest absolute Gasteiger partial charge is 0.394 e. The van der Waals surface area contributed by atoms with Crippen LogP contribution < -0.4 is 5.32 Å². The molecule has 2 heterocycles. The van der Waals surface area contributed by atoms with Crippen molar-refractivity contribution in [2.45, 2.75) is 25.9 Å². The Morgan fingerprint density at radius 3 is 2.61 bits per heavy atom. The normalized spacial score (nSPS) is 12.7. The first-order valence-electron chi connectivity index (χ1n) is 7.42. The monoisotopic (exact) mass is 331 g/mol. The highest BCUT2D eigenvalue weighted by atomic mass is 35.5. The van der Waals surface area contributed by atoms with E-state index in [1.807, 2.05) is 48.7 Å². The molecule has 3 rings (SSSR count). The number of fused-ring (bicyclic) bond motifs is 1. The lowest BCUT2D eigenvalue weighted by Gasteiger charge is -2.17. The second-order valence-corrected chi connectivity index (χ2v) is 5.89. The first-order valence-corrected chi connectivity index (χ1v) is 7.80. The molecular weight excluding hydrogens is 314 g/mol. The Kier molecular flexibility index (Phi) is 4.45. The molecule has 0 aliphatic carbocycles. The fraction of sp³-hybridized carbons (Fsp3) is 0.312. The Hall–Kier alpha value is -2.18. The van der Waals surface area contributed by atoms with Crippen molar-refractivity contribution < 1.29 is 5.11 Å². The summed E-state index contributed by atoms with van der Waals surface area (Å²) >= 11 is 6.06. The predicted octanol–water partition coefficient (Wildman–Crippen LogP) is 3.21. The number of hydrogen-bond donors (Lipinski definition) is 2. The van der Waals surface area contributed by atoms with Crippen LogP contribution in [0.15, 0.2) is 36.7 Å². The van der Waals surface area contributed by atoms with Crippen LogP contribution in [0.25, 0.3) is 11.2 Å². The maximum Gasteiger partial charge on any atom is 0.226 e. The van der Waals surface area contributed by atoms with Gasteiger partial charge in [0.1, 0.15) is 0 Å². The molecule has 2 N–H and O–H groups in total. The molecule has 0 saturated carbocycles. The summed E-state index contributed by atoms with van der Waals surface area (Å²) in [5.74, 6) is 0.516. The summed E-state index contributed by atoms with van der Waals surface area (Å²) in [7, 11) is 0. The number of nitrogens with zero attached hydrogens (tertiary/aromatic N) is 4. The number of rotatable bonds is 5. The topological polar surface area (TPSA) is 75.9 Å². The van der Waals surface area contributed by atoms with Crippen molar-refractivity contribution in [2.75, 3.05) is 11.9 Å². The third-order valence-electron chi connectivity index (χ3n) is 3.65. The van der Waals surface area contributed by atoms with E-state index in [9.17, 15) is 5.11 Å². The van der Waals surface area contributed by atoms with Gasteiger partial charge in [-0.1, -0.05) is 30.3 Å². The molecule has 0 bridgehead atoms. The molecule has 6 nitrogen and oxygen atoms in total. The maximum atomic E-state index is 9.71. The number of anilines is 1. The van der Waals surface area contributed by atoms with Gasteiger partial charge in [-0.15, -0.1) is 0 Å². The van der Waals surface area contributed by atoms with Crippen molar-refractivity contribution >= 4 is 28.6 Å². The molecule has 0 aliphatic heterocycles. The minimum absolute atomic E-state index is 0.0714. The number of aliphatic hydroxyl groups is 1. The van der Waals surface area contributed by atoms with Crippen LogP contribution in [0.5, 0.6) is 0 Å². The van der Waals surface area contributed by atoms with Crippen molar-refractivity contribution in [1.29, 1.82) is 0 Å². The minimum Gasteiger partial charge on any atom is -0.394 e. The predicted molar refractivity (Wildman–Crippen MR) is 90.6 cm³/mol. The summed E-state index contributed by atoms with van der Waals surface area (Å²) in [4.78, 5) is 12.9. The zero-order valence-electron chi connectivity index (χ0n) is 12.9. The van der Waals surface area contributed by atoms with Gasteiger partial charge >= 0.3 is 0 Å². The first-order chi connectivity index (χ1) is 11.1. The Morgan fingerprint density at radius 1 is 1.22 bits per heavy atom. The van der Waals surface area contributed by atoms with Crippen LogP contribution >= 0.6 is 11.6 Å². The van der Waals surface area contributed by atoms with E-state index in [4.69, 9.17) is 11.6 Å². The molecule has 2 aromatic heterocycles. The molecular formula is C16H18ClN5O. The van der Waals surface area contributed by atoms with Crippen molar-refractivity contribution in [1.82, 2.24) is 19.5 Å². The highest BCUT2D eigenvalue weighted by molar-refractivity contribution is 6.28. The van der Waals surface area contributed by atoms with Crippen molar-refractivity contribution in [3.8, 4) is 0 Å².